The van der Waals surface area contributed by atoms with Gasteiger partial charge in [-0.25, -0.2) is 9.37 Å². The highest BCUT2D eigenvalue weighted by Gasteiger charge is 2.30. The van der Waals surface area contributed by atoms with Crippen LogP contribution in [0.1, 0.15) is 17.5 Å². The molecule has 1 amide bonds. The van der Waals surface area contributed by atoms with Crippen LogP contribution in [-0.2, 0) is 11.2 Å². The molecule has 4 rings (SSSR count). The lowest BCUT2D eigenvalue weighted by Crippen LogP contribution is -2.45. The van der Waals surface area contributed by atoms with Gasteiger partial charge in [-0.1, -0.05) is 6.07 Å². The molecule has 0 saturated carbocycles. The van der Waals surface area contributed by atoms with Crippen molar-refractivity contribution in [3.63, 3.8) is 0 Å². The molecule has 3 N–H and O–H groups in total. The molecule has 0 bridgehead atoms. The lowest BCUT2D eigenvalue weighted by Gasteiger charge is -2.23. The van der Waals surface area contributed by atoms with Crippen LogP contribution in [0.25, 0.3) is 11.0 Å². The number of carbonyl (C=O) groups is 1. The monoisotopic (exact) mass is 425 g/mol. The minimum atomic E-state index is -0.700. The van der Waals surface area contributed by atoms with E-state index >= 15 is 0 Å². The number of ether oxygens (including phenoxy) is 1. The summed E-state index contributed by atoms with van der Waals surface area (Å²) in [6, 6.07) is 6.08. The molecule has 3 heterocycles. The van der Waals surface area contributed by atoms with Gasteiger partial charge >= 0.3 is 0 Å². The number of aromatic nitrogens is 2. The Kier molecular flexibility index (Phi) is 5.93. The number of rotatable bonds is 6. The molecule has 7 nitrogen and oxygen atoms in total. The highest BCUT2D eigenvalue weighted by molar-refractivity contribution is 5.86. The summed E-state index contributed by atoms with van der Waals surface area (Å²) in [5.41, 5.74) is 8.48. The average Bonchev–Trinajstić information content (AvgIpc) is 3.37. The molecule has 1 aliphatic rings. The predicted molar refractivity (Wildman–Crippen MR) is 118 cm³/mol. The van der Waals surface area contributed by atoms with Crippen molar-refractivity contribution in [3.8, 4) is 11.5 Å². The largest absolute Gasteiger partial charge is 0.453 e. The number of aromatic amines is 1. The summed E-state index contributed by atoms with van der Waals surface area (Å²) < 4.78 is 20.6. The van der Waals surface area contributed by atoms with E-state index in [1.54, 1.807) is 29.3 Å². The number of fused-ring (bicyclic) bond motifs is 1. The van der Waals surface area contributed by atoms with Crippen molar-refractivity contribution in [2.24, 2.45) is 5.73 Å². The minimum Gasteiger partial charge on any atom is -0.453 e. The number of amides is 1. The van der Waals surface area contributed by atoms with Crippen molar-refractivity contribution in [3.05, 3.63) is 53.6 Å². The fraction of sp³-hybridized carbons (Fsp3) is 0.391. The highest BCUT2D eigenvalue weighted by Crippen LogP contribution is 2.32. The van der Waals surface area contributed by atoms with Gasteiger partial charge in [-0.05, 0) is 63.2 Å². The molecule has 1 fully saturated rings. The van der Waals surface area contributed by atoms with Gasteiger partial charge < -0.3 is 25.3 Å². The summed E-state index contributed by atoms with van der Waals surface area (Å²) in [6.45, 7) is 3.32. The van der Waals surface area contributed by atoms with Crippen molar-refractivity contribution in [1.29, 1.82) is 0 Å². The Balaban J connectivity index is 1.44. The van der Waals surface area contributed by atoms with E-state index in [4.69, 9.17) is 10.5 Å². The topological polar surface area (TPSA) is 87.5 Å². The van der Waals surface area contributed by atoms with E-state index in [9.17, 15) is 9.18 Å². The molecule has 0 aliphatic carbocycles. The zero-order chi connectivity index (χ0) is 22.1. The van der Waals surface area contributed by atoms with Gasteiger partial charge in [0, 0.05) is 31.5 Å². The fourth-order valence-corrected chi connectivity index (χ4v) is 4.08. The Hall–Kier alpha value is -2.97. The standard InChI is InChI=1S/C23H28FN5O2/c1-14-12-27-22-21(14)20(6-8-26-22)31-19-5-4-15(10-17(19)24)11-18(25)23(30)29-9-7-16(13-29)28(2)3/h4-6,8,10,12,16,18H,7,9,11,13,25H2,1-3H3,(H,26,27)/t16-,18+/m1/s1. The second-order valence-electron chi connectivity index (χ2n) is 8.37. The molecule has 1 aliphatic heterocycles. The van der Waals surface area contributed by atoms with Gasteiger partial charge in [-0.2, -0.15) is 0 Å². The van der Waals surface area contributed by atoms with E-state index < -0.39 is 11.9 Å². The van der Waals surface area contributed by atoms with Crippen LogP contribution in [-0.4, -0.2) is 64.9 Å². The van der Waals surface area contributed by atoms with Gasteiger partial charge in [0.15, 0.2) is 11.6 Å². The molecule has 0 unspecified atom stereocenters. The van der Waals surface area contributed by atoms with Crippen LogP contribution in [0.15, 0.2) is 36.7 Å². The van der Waals surface area contributed by atoms with E-state index in [-0.39, 0.29) is 18.1 Å². The highest BCUT2D eigenvalue weighted by atomic mass is 19.1. The molecule has 3 aromatic rings. The second-order valence-corrected chi connectivity index (χ2v) is 8.37. The maximum Gasteiger partial charge on any atom is 0.239 e. The summed E-state index contributed by atoms with van der Waals surface area (Å²) >= 11 is 0. The van der Waals surface area contributed by atoms with Gasteiger partial charge in [0.2, 0.25) is 5.91 Å². The molecular formula is C23H28FN5O2. The maximum atomic E-state index is 14.8. The van der Waals surface area contributed by atoms with Crippen LogP contribution in [0.2, 0.25) is 0 Å². The number of nitrogens with one attached hydrogen (secondary N) is 1. The molecule has 2 atom stereocenters. The van der Waals surface area contributed by atoms with Gasteiger partial charge in [-0.15, -0.1) is 0 Å². The number of aryl methyl sites for hydroxylation is 1. The summed E-state index contributed by atoms with van der Waals surface area (Å²) in [4.78, 5) is 23.9. The van der Waals surface area contributed by atoms with E-state index in [1.807, 2.05) is 27.2 Å². The lowest BCUT2D eigenvalue weighted by atomic mass is 10.1. The number of hydrogen-bond donors (Lipinski definition) is 2. The van der Waals surface area contributed by atoms with Crippen molar-refractivity contribution >= 4 is 16.9 Å². The number of nitrogens with two attached hydrogens (primary N) is 1. The summed E-state index contributed by atoms with van der Waals surface area (Å²) in [7, 11) is 4.03. The van der Waals surface area contributed by atoms with Crippen LogP contribution in [0.5, 0.6) is 11.5 Å². The molecule has 31 heavy (non-hydrogen) atoms. The molecule has 0 spiro atoms. The molecule has 164 valence electrons. The third-order valence-corrected chi connectivity index (χ3v) is 5.93. The van der Waals surface area contributed by atoms with Crippen LogP contribution >= 0.6 is 0 Å². The van der Waals surface area contributed by atoms with Crippen molar-refractivity contribution < 1.29 is 13.9 Å². The molecule has 1 aromatic carbocycles. The lowest BCUT2D eigenvalue weighted by molar-refractivity contribution is -0.131. The number of carbonyl (C=O) groups excluding carboxylic acids is 1. The van der Waals surface area contributed by atoms with Gasteiger partial charge in [0.25, 0.3) is 0 Å². The first-order valence-corrected chi connectivity index (χ1v) is 10.4. The SMILES string of the molecule is Cc1c[nH]c2nccc(Oc3ccc(C[C@H](N)C(=O)N4CC[C@@H](N(C)C)C4)cc3F)c12. The number of nitrogens with zero attached hydrogens (tertiary/aromatic N) is 3. The predicted octanol–water partition coefficient (Wildman–Crippen LogP) is 2.84. The number of likely N-dealkylation sites (tertiary alicyclic amines) is 1. The van der Waals surface area contributed by atoms with Crippen molar-refractivity contribution in [1.82, 2.24) is 19.8 Å². The van der Waals surface area contributed by atoms with E-state index in [2.05, 4.69) is 14.9 Å². The third kappa shape index (κ3) is 4.40. The van der Waals surface area contributed by atoms with E-state index in [1.165, 1.54) is 6.07 Å². The van der Waals surface area contributed by atoms with Crippen LogP contribution < -0.4 is 10.5 Å². The average molecular weight is 426 g/mol. The first kappa shape index (κ1) is 21.3. The van der Waals surface area contributed by atoms with Gasteiger partial charge in [0.05, 0.1) is 11.4 Å². The van der Waals surface area contributed by atoms with Crippen LogP contribution in [0, 0.1) is 12.7 Å². The normalized spacial score (nSPS) is 17.5. The minimum absolute atomic E-state index is 0.0906. The van der Waals surface area contributed by atoms with Gasteiger partial charge in [-0.3, -0.25) is 4.79 Å². The zero-order valence-corrected chi connectivity index (χ0v) is 18.1. The Morgan fingerprint density at radius 1 is 1.39 bits per heavy atom. The first-order valence-electron chi connectivity index (χ1n) is 10.4. The molecule has 8 heteroatoms. The molecule has 0 radical (unpaired) electrons. The Morgan fingerprint density at radius 2 is 2.19 bits per heavy atom. The Labute approximate surface area is 181 Å². The number of hydrogen-bond acceptors (Lipinski definition) is 5. The van der Waals surface area contributed by atoms with Gasteiger partial charge in [0.1, 0.15) is 11.4 Å². The molecular weight excluding hydrogens is 397 g/mol. The van der Waals surface area contributed by atoms with Crippen molar-refractivity contribution in [2.75, 3.05) is 27.2 Å². The maximum absolute atomic E-state index is 14.8. The van der Waals surface area contributed by atoms with Crippen LogP contribution in [0.3, 0.4) is 0 Å². The zero-order valence-electron chi connectivity index (χ0n) is 18.1. The second kappa shape index (κ2) is 8.64. The Bertz CT molecular complexity index is 1100. The van der Waals surface area contributed by atoms with Crippen LogP contribution in [0.4, 0.5) is 4.39 Å². The summed E-state index contributed by atoms with van der Waals surface area (Å²) in [6.07, 6.45) is 4.66. The number of benzene rings is 1. The number of H-pyrrole nitrogens is 1. The third-order valence-electron chi connectivity index (χ3n) is 5.93. The summed E-state index contributed by atoms with van der Waals surface area (Å²) in [5.74, 6) is 0.0632. The Morgan fingerprint density at radius 3 is 2.90 bits per heavy atom. The first-order chi connectivity index (χ1) is 14.8. The fourth-order valence-electron chi connectivity index (χ4n) is 4.08. The summed E-state index contributed by atoms with van der Waals surface area (Å²) in [5, 5.41) is 0.820. The molecule has 1 saturated heterocycles. The smallest absolute Gasteiger partial charge is 0.239 e. The number of pyridine rings is 1. The number of likely N-dealkylation sites (N-methyl/N-ethyl adjacent to an activating group) is 1. The number of halogens is 1. The van der Waals surface area contributed by atoms with Crippen molar-refractivity contribution in [2.45, 2.75) is 31.8 Å². The molecule has 2 aromatic heterocycles. The van der Waals surface area contributed by atoms with E-state index in [0.29, 0.717) is 36.1 Å². The van der Waals surface area contributed by atoms with E-state index in [0.717, 1.165) is 17.4 Å². The quantitative estimate of drug-likeness (QED) is 0.634.